The van der Waals surface area contributed by atoms with Gasteiger partial charge in [-0.2, -0.15) is 4.98 Å². The summed E-state index contributed by atoms with van der Waals surface area (Å²) in [6.07, 6.45) is 1.48. The zero-order valence-corrected chi connectivity index (χ0v) is 10.1. The molecular formula is C10H8BrFN4O. The van der Waals surface area contributed by atoms with Crippen molar-refractivity contribution in [3.05, 3.63) is 40.8 Å². The zero-order valence-electron chi connectivity index (χ0n) is 8.52. The van der Waals surface area contributed by atoms with Gasteiger partial charge >= 0.3 is 0 Å². The van der Waals surface area contributed by atoms with Crippen molar-refractivity contribution in [1.82, 2.24) is 9.97 Å². The summed E-state index contributed by atoms with van der Waals surface area (Å²) < 4.78 is 19.0. The highest BCUT2D eigenvalue weighted by Crippen LogP contribution is 2.24. The Morgan fingerprint density at radius 3 is 2.88 bits per heavy atom. The Bertz CT molecular complexity index is 537. The van der Waals surface area contributed by atoms with Gasteiger partial charge in [0.25, 0.3) is 0 Å². The fraction of sp³-hybridized carbons (Fsp3) is 0. The molecule has 0 radical (unpaired) electrons. The molecule has 0 saturated heterocycles. The van der Waals surface area contributed by atoms with Crippen molar-refractivity contribution < 1.29 is 9.13 Å². The van der Waals surface area contributed by atoms with Gasteiger partial charge in [0.1, 0.15) is 11.6 Å². The summed E-state index contributed by atoms with van der Waals surface area (Å²) in [6.45, 7) is 0. The molecule has 1 heterocycles. The first-order chi connectivity index (χ1) is 8.19. The molecule has 3 N–H and O–H groups in total. The topological polar surface area (TPSA) is 73.1 Å². The number of rotatable bonds is 3. The minimum Gasteiger partial charge on any atom is -0.439 e. The minimum absolute atomic E-state index is 0.222. The predicted octanol–water partition coefficient (Wildman–Crippen LogP) is 2.46. The molecule has 0 saturated carbocycles. The van der Waals surface area contributed by atoms with Crippen molar-refractivity contribution in [1.29, 1.82) is 0 Å². The molecule has 88 valence electrons. The number of nitrogens with two attached hydrogens (primary N) is 1. The minimum atomic E-state index is -0.409. The fourth-order valence-electron chi connectivity index (χ4n) is 1.13. The van der Waals surface area contributed by atoms with Crippen molar-refractivity contribution in [3.8, 4) is 11.6 Å². The van der Waals surface area contributed by atoms with Crippen LogP contribution in [0.2, 0.25) is 0 Å². The van der Waals surface area contributed by atoms with Gasteiger partial charge in [-0.25, -0.2) is 15.2 Å². The number of halogens is 2. The maximum atomic E-state index is 13.2. The average Bonchev–Trinajstić information content (AvgIpc) is 2.34. The van der Waals surface area contributed by atoms with Crippen LogP contribution in [0.15, 0.2) is 34.9 Å². The maximum absolute atomic E-state index is 13.2. The lowest BCUT2D eigenvalue weighted by Gasteiger charge is -2.06. The second-order valence-corrected chi connectivity index (χ2v) is 3.90. The van der Waals surface area contributed by atoms with Crippen LogP contribution in [0.4, 0.5) is 10.3 Å². The molecule has 17 heavy (non-hydrogen) atoms. The SMILES string of the molecule is NNc1nccc(Oc2ccc(Br)c(F)c2)n1. The van der Waals surface area contributed by atoms with Crippen LogP contribution in [0.1, 0.15) is 0 Å². The smallest absolute Gasteiger partial charge is 0.240 e. The Balaban J connectivity index is 2.22. The van der Waals surface area contributed by atoms with E-state index in [9.17, 15) is 4.39 Å². The van der Waals surface area contributed by atoms with Gasteiger partial charge in [0.05, 0.1) is 4.47 Å². The highest BCUT2D eigenvalue weighted by molar-refractivity contribution is 9.10. The largest absolute Gasteiger partial charge is 0.439 e. The molecule has 2 rings (SSSR count). The maximum Gasteiger partial charge on any atom is 0.240 e. The Kier molecular flexibility index (Phi) is 3.50. The lowest BCUT2D eigenvalue weighted by Crippen LogP contribution is -2.10. The summed E-state index contributed by atoms with van der Waals surface area (Å²) in [6, 6.07) is 5.96. The number of hydrogen-bond donors (Lipinski definition) is 2. The van der Waals surface area contributed by atoms with Crippen molar-refractivity contribution in [2.24, 2.45) is 5.84 Å². The normalized spacial score (nSPS) is 10.1. The van der Waals surface area contributed by atoms with Gasteiger partial charge < -0.3 is 4.74 Å². The van der Waals surface area contributed by atoms with Crippen molar-refractivity contribution in [3.63, 3.8) is 0 Å². The van der Waals surface area contributed by atoms with Crippen LogP contribution in [0.3, 0.4) is 0 Å². The Morgan fingerprint density at radius 2 is 2.18 bits per heavy atom. The molecule has 0 aliphatic carbocycles. The third-order valence-electron chi connectivity index (χ3n) is 1.87. The first-order valence-corrected chi connectivity index (χ1v) is 5.41. The van der Waals surface area contributed by atoms with E-state index < -0.39 is 5.82 Å². The molecule has 0 amide bonds. The summed E-state index contributed by atoms with van der Waals surface area (Å²) in [7, 11) is 0. The summed E-state index contributed by atoms with van der Waals surface area (Å²) in [5.74, 6) is 5.59. The summed E-state index contributed by atoms with van der Waals surface area (Å²) in [4.78, 5) is 7.76. The van der Waals surface area contributed by atoms with E-state index >= 15 is 0 Å². The first-order valence-electron chi connectivity index (χ1n) is 4.61. The molecule has 0 bridgehead atoms. The summed E-state index contributed by atoms with van der Waals surface area (Å²) in [5, 5.41) is 0. The summed E-state index contributed by atoms with van der Waals surface area (Å²) >= 11 is 3.05. The lowest BCUT2D eigenvalue weighted by atomic mass is 10.3. The molecule has 0 spiro atoms. The second-order valence-electron chi connectivity index (χ2n) is 3.04. The molecule has 1 aromatic carbocycles. The van der Waals surface area contributed by atoms with E-state index in [1.807, 2.05) is 0 Å². The van der Waals surface area contributed by atoms with Gasteiger partial charge in [0.15, 0.2) is 0 Å². The van der Waals surface area contributed by atoms with Gasteiger partial charge in [-0.05, 0) is 28.1 Å². The predicted molar refractivity (Wildman–Crippen MR) is 64.0 cm³/mol. The number of benzene rings is 1. The number of aromatic nitrogens is 2. The lowest BCUT2D eigenvalue weighted by molar-refractivity contribution is 0.457. The van der Waals surface area contributed by atoms with E-state index in [4.69, 9.17) is 10.6 Å². The third kappa shape index (κ3) is 2.89. The van der Waals surface area contributed by atoms with Crippen LogP contribution in [-0.4, -0.2) is 9.97 Å². The second kappa shape index (κ2) is 5.07. The molecule has 2 aromatic rings. The Morgan fingerprint density at radius 1 is 1.35 bits per heavy atom. The highest BCUT2D eigenvalue weighted by Gasteiger charge is 2.04. The van der Waals surface area contributed by atoms with E-state index in [1.165, 1.54) is 12.3 Å². The Hall–Kier alpha value is -1.73. The van der Waals surface area contributed by atoms with Gasteiger partial charge in [0.2, 0.25) is 11.8 Å². The monoisotopic (exact) mass is 298 g/mol. The quantitative estimate of drug-likeness (QED) is 0.673. The fourth-order valence-corrected chi connectivity index (χ4v) is 1.38. The van der Waals surface area contributed by atoms with Crippen LogP contribution in [0.25, 0.3) is 0 Å². The van der Waals surface area contributed by atoms with E-state index in [0.717, 1.165) is 0 Å². The number of hydrogen-bond acceptors (Lipinski definition) is 5. The molecule has 0 fully saturated rings. The number of nitrogens with zero attached hydrogens (tertiary/aromatic N) is 2. The molecule has 0 aliphatic rings. The van der Waals surface area contributed by atoms with Crippen LogP contribution in [0.5, 0.6) is 11.6 Å². The standard InChI is InChI=1S/C10H8BrFN4O/c11-7-2-1-6(5-8(7)12)17-9-3-4-14-10(15-9)16-13/h1-5H,13H2,(H,14,15,16). The first kappa shape index (κ1) is 11.7. The van der Waals surface area contributed by atoms with Gasteiger partial charge in [0, 0.05) is 18.3 Å². The van der Waals surface area contributed by atoms with Crippen LogP contribution < -0.4 is 16.0 Å². The van der Waals surface area contributed by atoms with Crippen LogP contribution in [0, 0.1) is 5.82 Å². The van der Waals surface area contributed by atoms with E-state index in [2.05, 4.69) is 31.3 Å². The number of anilines is 1. The molecule has 0 atom stereocenters. The number of nitrogen functional groups attached to an aromatic ring is 1. The molecule has 7 heteroatoms. The number of ether oxygens (including phenoxy) is 1. The van der Waals surface area contributed by atoms with Gasteiger partial charge in [-0.3, -0.25) is 5.43 Å². The van der Waals surface area contributed by atoms with E-state index in [1.54, 1.807) is 18.2 Å². The van der Waals surface area contributed by atoms with Gasteiger partial charge in [-0.1, -0.05) is 0 Å². The van der Waals surface area contributed by atoms with E-state index in [-0.39, 0.29) is 11.8 Å². The Labute approximate surface area is 105 Å². The average molecular weight is 299 g/mol. The van der Waals surface area contributed by atoms with Crippen molar-refractivity contribution >= 4 is 21.9 Å². The van der Waals surface area contributed by atoms with Crippen molar-refractivity contribution in [2.75, 3.05) is 5.43 Å². The molecule has 1 aromatic heterocycles. The molecule has 0 unspecified atom stereocenters. The van der Waals surface area contributed by atoms with Gasteiger partial charge in [-0.15, -0.1) is 0 Å². The number of nitrogens with one attached hydrogen (secondary N) is 1. The van der Waals surface area contributed by atoms with Crippen LogP contribution >= 0.6 is 15.9 Å². The van der Waals surface area contributed by atoms with Crippen LogP contribution in [-0.2, 0) is 0 Å². The molecule has 0 aliphatic heterocycles. The summed E-state index contributed by atoms with van der Waals surface area (Å²) in [5.41, 5.74) is 2.29. The number of hydrazine groups is 1. The zero-order chi connectivity index (χ0) is 12.3. The third-order valence-corrected chi connectivity index (χ3v) is 2.52. The molecule has 5 nitrogen and oxygen atoms in total. The van der Waals surface area contributed by atoms with Crippen molar-refractivity contribution in [2.45, 2.75) is 0 Å². The highest BCUT2D eigenvalue weighted by atomic mass is 79.9. The molecular weight excluding hydrogens is 291 g/mol. The van der Waals surface area contributed by atoms with E-state index in [0.29, 0.717) is 10.2 Å².